The molecule has 0 aliphatic rings. The van der Waals surface area contributed by atoms with Gasteiger partial charge >= 0.3 is 0 Å². The second-order valence-corrected chi connectivity index (χ2v) is 13.1. The van der Waals surface area contributed by atoms with Crippen molar-refractivity contribution in [3.8, 4) is 0 Å². The van der Waals surface area contributed by atoms with Crippen molar-refractivity contribution in [1.29, 1.82) is 0 Å². The van der Waals surface area contributed by atoms with Crippen molar-refractivity contribution in [2.24, 2.45) is 0 Å². The first-order valence-electron chi connectivity index (χ1n) is 12.8. The molecule has 0 radical (unpaired) electrons. The molecule has 0 heterocycles. The number of hydrogen-bond donors (Lipinski definition) is 0. The standard InChI is InChI=1S/2C18H15P.BrH.Ni/c2*1-4-10-16(11-5-1)19(17-12-6-2-7-13-17)18-14-8-3-9-15-18;;/h2*1-15H;1H;. The van der Waals surface area contributed by atoms with Crippen LogP contribution in [0.3, 0.4) is 0 Å². The van der Waals surface area contributed by atoms with Gasteiger partial charge in [0.05, 0.1) is 0 Å². The summed E-state index contributed by atoms with van der Waals surface area (Å²) in [5.74, 6) is 0. The van der Waals surface area contributed by atoms with Crippen LogP contribution in [0.1, 0.15) is 0 Å². The average molecular weight is 664 g/mol. The number of rotatable bonds is 6. The van der Waals surface area contributed by atoms with Gasteiger partial charge < -0.3 is 0 Å². The molecule has 0 spiro atoms. The average Bonchev–Trinajstić information content (AvgIpc) is 3.01. The summed E-state index contributed by atoms with van der Waals surface area (Å²) in [5.41, 5.74) is 0. The Labute approximate surface area is 261 Å². The summed E-state index contributed by atoms with van der Waals surface area (Å²) in [4.78, 5) is 0. The fourth-order valence-electron chi connectivity index (χ4n) is 4.36. The molecule has 0 unspecified atom stereocenters. The molecule has 0 saturated carbocycles. The van der Waals surface area contributed by atoms with E-state index in [1.165, 1.54) is 31.8 Å². The minimum atomic E-state index is -0.446. The van der Waals surface area contributed by atoms with Gasteiger partial charge in [-0.25, -0.2) is 0 Å². The summed E-state index contributed by atoms with van der Waals surface area (Å²) >= 11 is 0. The Hall–Kier alpha value is -2.85. The Morgan fingerprint density at radius 1 is 0.225 bits per heavy atom. The molecule has 6 rings (SSSR count). The van der Waals surface area contributed by atoms with Gasteiger partial charge in [-0.1, -0.05) is 182 Å². The maximum Gasteiger partial charge on any atom is 0 e. The summed E-state index contributed by atoms with van der Waals surface area (Å²) in [6, 6.07) is 64.7. The Bertz CT molecular complexity index is 1180. The third-order valence-corrected chi connectivity index (χ3v) is 11.0. The summed E-state index contributed by atoms with van der Waals surface area (Å²) < 4.78 is 0. The number of benzene rings is 6. The fraction of sp³-hybridized carbons (Fsp3) is 0. The third-order valence-electron chi connectivity index (χ3n) is 6.09. The summed E-state index contributed by atoms with van der Waals surface area (Å²) in [6.45, 7) is 0. The van der Waals surface area contributed by atoms with E-state index in [0.29, 0.717) is 0 Å². The van der Waals surface area contributed by atoms with E-state index < -0.39 is 15.8 Å². The molecule has 6 aromatic rings. The van der Waals surface area contributed by atoms with E-state index in [4.69, 9.17) is 0 Å². The van der Waals surface area contributed by atoms with Crippen LogP contribution >= 0.6 is 32.8 Å². The molecule has 0 atom stereocenters. The first-order valence-corrected chi connectivity index (χ1v) is 15.5. The maximum absolute atomic E-state index is 2.23. The molecule has 0 saturated heterocycles. The normalized spacial score (nSPS) is 10.1. The monoisotopic (exact) mass is 662 g/mol. The zero-order chi connectivity index (χ0) is 25.8. The van der Waals surface area contributed by atoms with E-state index in [-0.39, 0.29) is 33.5 Å². The molecule has 4 heteroatoms. The summed E-state index contributed by atoms with van der Waals surface area (Å²) in [5, 5.41) is 8.39. The fourth-order valence-corrected chi connectivity index (χ4v) is 8.97. The van der Waals surface area contributed by atoms with Crippen molar-refractivity contribution in [3.05, 3.63) is 182 Å². The van der Waals surface area contributed by atoms with Crippen LogP contribution in [-0.2, 0) is 16.5 Å². The van der Waals surface area contributed by atoms with Crippen molar-refractivity contribution in [1.82, 2.24) is 0 Å². The number of halogens is 1. The van der Waals surface area contributed by atoms with Gasteiger partial charge in [0.15, 0.2) is 0 Å². The van der Waals surface area contributed by atoms with Crippen LogP contribution in [0.15, 0.2) is 182 Å². The molecule has 0 bridgehead atoms. The topological polar surface area (TPSA) is 0 Å². The van der Waals surface area contributed by atoms with Gasteiger partial charge in [0.25, 0.3) is 0 Å². The molecular weight excluding hydrogens is 633 g/mol. The largest absolute Gasteiger partial charge is 0.114 e. The van der Waals surface area contributed by atoms with Crippen molar-refractivity contribution in [2.75, 3.05) is 0 Å². The molecule has 0 amide bonds. The molecule has 0 aliphatic heterocycles. The van der Waals surface area contributed by atoms with Crippen molar-refractivity contribution in [3.63, 3.8) is 0 Å². The molecule has 0 N–H and O–H groups in total. The Balaban J connectivity index is 0.000000210. The Morgan fingerprint density at radius 3 is 0.475 bits per heavy atom. The Kier molecular flexibility index (Phi) is 13.5. The molecule has 202 valence electrons. The maximum atomic E-state index is 2.23. The van der Waals surface area contributed by atoms with Crippen LogP contribution in [0.25, 0.3) is 0 Å². The van der Waals surface area contributed by atoms with Gasteiger partial charge in [-0.15, -0.1) is 17.0 Å². The van der Waals surface area contributed by atoms with Gasteiger partial charge in [0, 0.05) is 16.5 Å². The molecule has 0 fully saturated rings. The van der Waals surface area contributed by atoms with Crippen LogP contribution in [-0.4, -0.2) is 0 Å². The zero-order valence-electron chi connectivity index (χ0n) is 21.9. The second-order valence-electron chi connectivity index (χ2n) is 8.68. The molecule has 0 aromatic heterocycles. The van der Waals surface area contributed by atoms with E-state index in [1.54, 1.807) is 0 Å². The minimum absolute atomic E-state index is 0. The van der Waals surface area contributed by atoms with E-state index in [1.807, 2.05) is 0 Å². The van der Waals surface area contributed by atoms with Gasteiger partial charge in [-0.05, 0) is 47.7 Å². The van der Waals surface area contributed by atoms with Gasteiger partial charge in [-0.3, -0.25) is 0 Å². The van der Waals surface area contributed by atoms with Crippen LogP contribution in [0, 0.1) is 0 Å². The van der Waals surface area contributed by atoms with Crippen molar-refractivity contribution in [2.45, 2.75) is 0 Å². The summed E-state index contributed by atoms with van der Waals surface area (Å²) in [6.07, 6.45) is 0. The Morgan fingerprint density at radius 2 is 0.350 bits per heavy atom. The van der Waals surface area contributed by atoms with Crippen LogP contribution in [0.5, 0.6) is 0 Å². The molecule has 0 nitrogen and oxygen atoms in total. The van der Waals surface area contributed by atoms with Gasteiger partial charge in [-0.2, -0.15) is 0 Å². The first-order chi connectivity index (χ1) is 18.9. The first kappa shape index (κ1) is 31.7. The predicted molar refractivity (Wildman–Crippen MR) is 181 cm³/mol. The minimum Gasteiger partial charge on any atom is -0.114 e. The van der Waals surface area contributed by atoms with Crippen LogP contribution in [0.4, 0.5) is 0 Å². The molecule has 6 aromatic carbocycles. The second kappa shape index (κ2) is 17.1. The van der Waals surface area contributed by atoms with Gasteiger partial charge in [0.1, 0.15) is 0 Å². The summed E-state index contributed by atoms with van der Waals surface area (Å²) in [7, 11) is -0.892. The van der Waals surface area contributed by atoms with E-state index in [2.05, 4.69) is 182 Å². The van der Waals surface area contributed by atoms with Crippen LogP contribution < -0.4 is 31.8 Å². The van der Waals surface area contributed by atoms with Gasteiger partial charge in [0.2, 0.25) is 0 Å². The molecular formula is C36H31BrNiP2. The quantitative estimate of drug-likeness (QED) is 0.128. The zero-order valence-corrected chi connectivity index (χ0v) is 26.4. The predicted octanol–water partition coefficient (Wildman–Crippen LogP) is 7.47. The van der Waals surface area contributed by atoms with E-state index in [9.17, 15) is 0 Å². The SMILES string of the molecule is Br.[Ni].c1ccc(P(c2ccccc2)c2ccccc2)cc1.c1ccc(P(c2ccccc2)c2ccccc2)cc1. The van der Waals surface area contributed by atoms with Crippen molar-refractivity contribution < 1.29 is 16.5 Å². The smallest absolute Gasteiger partial charge is 0 e. The van der Waals surface area contributed by atoms with Crippen LogP contribution in [0.2, 0.25) is 0 Å². The third kappa shape index (κ3) is 8.57. The number of hydrogen-bond acceptors (Lipinski definition) is 0. The van der Waals surface area contributed by atoms with E-state index in [0.717, 1.165) is 0 Å². The van der Waals surface area contributed by atoms with E-state index >= 15 is 0 Å². The van der Waals surface area contributed by atoms with Crippen molar-refractivity contribution >= 4 is 64.7 Å². The molecule has 40 heavy (non-hydrogen) atoms. The molecule has 0 aliphatic carbocycles.